The normalized spacial score (nSPS) is 10.5. The molecule has 0 bridgehead atoms. The fraction of sp³-hybridized carbons (Fsp3) is 0.357. The van der Waals surface area contributed by atoms with Crippen LogP contribution in [-0.4, -0.2) is 9.78 Å². The van der Waals surface area contributed by atoms with Crippen molar-refractivity contribution in [2.75, 3.05) is 0 Å². The van der Waals surface area contributed by atoms with Crippen LogP contribution in [0.3, 0.4) is 0 Å². The number of hydrogen-bond donors (Lipinski definition) is 0. The van der Waals surface area contributed by atoms with Crippen molar-refractivity contribution < 1.29 is 4.74 Å². The molecule has 0 aliphatic heterocycles. The van der Waals surface area contributed by atoms with Crippen molar-refractivity contribution in [1.29, 1.82) is 0 Å². The molecule has 1 heterocycles. The Bertz CT molecular complexity index is 462. The predicted octanol–water partition coefficient (Wildman–Crippen LogP) is 3.18. The number of benzene rings is 1. The molecule has 0 spiro atoms. The lowest BCUT2D eigenvalue weighted by molar-refractivity contribution is 0.303. The van der Waals surface area contributed by atoms with Gasteiger partial charge in [0.15, 0.2) is 5.75 Å². The minimum absolute atomic E-state index is 0.597. The maximum Gasteiger partial charge on any atom is 0.160 e. The van der Waals surface area contributed by atoms with Gasteiger partial charge in [0.05, 0.1) is 6.20 Å². The van der Waals surface area contributed by atoms with Crippen LogP contribution in [0.2, 0.25) is 0 Å². The summed E-state index contributed by atoms with van der Waals surface area (Å²) in [4.78, 5) is 0. The van der Waals surface area contributed by atoms with E-state index in [4.69, 9.17) is 4.74 Å². The zero-order chi connectivity index (χ0) is 12.1. The number of ether oxygens (including phenoxy) is 1. The van der Waals surface area contributed by atoms with Gasteiger partial charge >= 0.3 is 0 Å². The molecule has 0 N–H and O–H groups in total. The molecule has 0 saturated heterocycles. The minimum Gasteiger partial charge on any atom is -0.485 e. The fourth-order valence-corrected chi connectivity index (χ4v) is 1.72. The molecule has 0 aliphatic carbocycles. The Balaban J connectivity index is 1.99. The standard InChI is InChI=1S/C14H18N2O/c1-3-9-16-10-14(12(2)15-16)17-11-13-7-5-4-6-8-13/h4-8,10H,3,9,11H2,1-2H3. The zero-order valence-electron chi connectivity index (χ0n) is 10.4. The monoisotopic (exact) mass is 230 g/mol. The average molecular weight is 230 g/mol. The van der Waals surface area contributed by atoms with Crippen LogP contribution in [0.5, 0.6) is 5.75 Å². The van der Waals surface area contributed by atoms with Crippen molar-refractivity contribution in [2.24, 2.45) is 0 Å². The lowest BCUT2D eigenvalue weighted by Gasteiger charge is -2.03. The second kappa shape index (κ2) is 5.53. The summed E-state index contributed by atoms with van der Waals surface area (Å²) >= 11 is 0. The highest BCUT2D eigenvalue weighted by atomic mass is 16.5. The SMILES string of the molecule is CCCn1cc(OCc2ccccc2)c(C)n1. The van der Waals surface area contributed by atoms with Gasteiger partial charge in [-0.3, -0.25) is 4.68 Å². The Labute approximate surface area is 102 Å². The molecule has 1 aromatic heterocycles. The Kier molecular flexibility index (Phi) is 3.81. The van der Waals surface area contributed by atoms with Gasteiger partial charge in [-0.2, -0.15) is 5.10 Å². The largest absolute Gasteiger partial charge is 0.485 e. The highest BCUT2D eigenvalue weighted by molar-refractivity contribution is 5.24. The molecular formula is C14H18N2O. The molecule has 0 saturated carbocycles. The van der Waals surface area contributed by atoms with Crippen LogP contribution in [0.15, 0.2) is 36.5 Å². The summed E-state index contributed by atoms with van der Waals surface area (Å²) in [6.45, 7) is 5.66. The Morgan fingerprint density at radius 1 is 1.24 bits per heavy atom. The van der Waals surface area contributed by atoms with Crippen molar-refractivity contribution >= 4 is 0 Å². The summed E-state index contributed by atoms with van der Waals surface area (Å²) in [5.74, 6) is 0.877. The van der Waals surface area contributed by atoms with E-state index in [2.05, 4.69) is 24.2 Å². The molecule has 2 aromatic rings. The second-order valence-electron chi connectivity index (χ2n) is 4.12. The van der Waals surface area contributed by atoms with Crippen molar-refractivity contribution in [3.8, 4) is 5.75 Å². The highest BCUT2D eigenvalue weighted by Gasteiger charge is 2.05. The summed E-state index contributed by atoms with van der Waals surface area (Å²) in [7, 11) is 0. The van der Waals surface area contributed by atoms with Gasteiger partial charge < -0.3 is 4.74 Å². The van der Waals surface area contributed by atoms with Gasteiger partial charge in [-0.15, -0.1) is 0 Å². The van der Waals surface area contributed by atoms with Crippen LogP contribution in [-0.2, 0) is 13.2 Å². The van der Waals surface area contributed by atoms with E-state index in [1.54, 1.807) is 0 Å². The number of aromatic nitrogens is 2. The molecule has 0 atom stereocenters. The van der Waals surface area contributed by atoms with Gasteiger partial charge in [0.2, 0.25) is 0 Å². The minimum atomic E-state index is 0.597. The lowest BCUT2D eigenvalue weighted by Crippen LogP contribution is -1.96. The number of rotatable bonds is 5. The molecule has 0 aliphatic rings. The molecule has 90 valence electrons. The van der Waals surface area contributed by atoms with Crippen LogP contribution in [0.25, 0.3) is 0 Å². The third-order valence-corrected chi connectivity index (χ3v) is 2.59. The highest BCUT2D eigenvalue weighted by Crippen LogP contribution is 2.17. The maximum atomic E-state index is 5.77. The summed E-state index contributed by atoms with van der Waals surface area (Å²) in [6.07, 6.45) is 3.06. The van der Waals surface area contributed by atoms with E-state index in [1.807, 2.05) is 36.0 Å². The van der Waals surface area contributed by atoms with Crippen molar-refractivity contribution in [1.82, 2.24) is 9.78 Å². The third-order valence-electron chi connectivity index (χ3n) is 2.59. The summed E-state index contributed by atoms with van der Waals surface area (Å²) in [5.41, 5.74) is 2.13. The smallest absolute Gasteiger partial charge is 0.160 e. The molecule has 0 fully saturated rings. The van der Waals surface area contributed by atoms with Gasteiger partial charge in [-0.1, -0.05) is 37.3 Å². The quantitative estimate of drug-likeness (QED) is 0.788. The molecular weight excluding hydrogens is 212 g/mol. The van der Waals surface area contributed by atoms with Gasteiger partial charge in [-0.05, 0) is 18.9 Å². The molecule has 3 nitrogen and oxygen atoms in total. The van der Waals surface area contributed by atoms with Crippen LogP contribution in [0.4, 0.5) is 0 Å². The van der Waals surface area contributed by atoms with E-state index in [1.165, 1.54) is 5.56 Å². The molecule has 3 heteroatoms. The van der Waals surface area contributed by atoms with Gasteiger partial charge in [0.1, 0.15) is 12.3 Å². The molecule has 0 radical (unpaired) electrons. The molecule has 0 amide bonds. The third kappa shape index (κ3) is 3.09. The Hall–Kier alpha value is -1.77. The Morgan fingerprint density at radius 3 is 2.71 bits per heavy atom. The fourth-order valence-electron chi connectivity index (χ4n) is 1.72. The topological polar surface area (TPSA) is 27.1 Å². The first-order chi connectivity index (χ1) is 8.29. The van der Waals surface area contributed by atoms with Crippen LogP contribution < -0.4 is 4.74 Å². The van der Waals surface area contributed by atoms with E-state index >= 15 is 0 Å². The van der Waals surface area contributed by atoms with Crippen molar-refractivity contribution in [3.63, 3.8) is 0 Å². The van der Waals surface area contributed by atoms with E-state index in [9.17, 15) is 0 Å². The predicted molar refractivity (Wildman–Crippen MR) is 68.0 cm³/mol. The summed E-state index contributed by atoms with van der Waals surface area (Å²) in [5, 5.41) is 4.40. The number of nitrogens with zero attached hydrogens (tertiary/aromatic N) is 2. The second-order valence-corrected chi connectivity index (χ2v) is 4.12. The first kappa shape index (κ1) is 11.7. The number of aryl methyl sites for hydroxylation is 2. The summed E-state index contributed by atoms with van der Waals surface area (Å²) < 4.78 is 7.71. The van der Waals surface area contributed by atoms with Crippen molar-refractivity contribution in [2.45, 2.75) is 33.4 Å². The van der Waals surface area contributed by atoms with E-state index in [0.29, 0.717) is 6.61 Å². The molecule has 1 aromatic carbocycles. The molecule has 0 unspecified atom stereocenters. The van der Waals surface area contributed by atoms with E-state index in [-0.39, 0.29) is 0 Å². The molecule has 17 heavy (non-hydrogen) atoms. The zero-order valence-corrected chi connectivity index (χ0v) is 10.4. The molecule has 2 rings (SSSR count). The maximum absolute atomic E-state index is 5.77. The van der Waals surface area contributed by atoms with Crippen molar-refractivity contribution in [3.05, 3.63) is 47.8 Å². The summed E-state index contributed by atoms with van der Waals surface area (Å²) in [6, 6.07) is 10.2. The average Bonchev–Trinajstić information content (AvgIpc) is 2.69. The van der Waals surface area contributed by atoms with E-state index < -0.39 is 0 Å². The van der Waals surface area contributed by atoms with Crippen LogP contribution >= 0.6 is 0 Å². The number of hydrogen-bond acceptors (Lipinski definition) is 2. The first-order valence-corrected chi connectivity index (χ1v) is 6.00. The van der Waals surface area contributed by atoms with Crippen LogP contribution in [0.1, 0.15) is 24.6 Å². The van der Waals surface area contributed by atoms with Gasteiger partial charge in [0.25, 0.3) is 0 Å². The van der Waals surface area contributed by atoms with Crippen LogP contribution in [0, 0.1) is 6.92 Å². The first-order valence-electron chi connectivity index (χ1n) is 6.00. The Morgan fingerprint density at radius 2 is 2.00 bits per heavy atom. The van der Waals surface area contributed by atoms with Gasteiger partial charge in [0, 0.05) is 6.54 Å². The van der Waals surface area contributed by atoms with Gasteiger partial charge in [-0.25, -0.2) is 0 Å². The lowest BCUT2D eigenvalue weighted by atomic mass is 10.2. The van der Waals surface area contributed by atoms with E-state index in [0.717, 1.165) is 24.4 Å².